The van der Waals surface area contributed by atoms with E-state index in [0.717, 1.165) is 32.6 Å². The number of nitrogens with zero attached hydrogens (tertiary/aromatic N) is 2. The van der Waals surface area contributed by atoms with E-state index < -0.39 is 0 Å². The quantitative estimate of drug-likeness (QED) is 0.653. The van der Waals surface area contributed by atoms with Crippen LogP contribution in [-0.2, 0) is 0 Å². The standard InChI is InChI=1S/C15H23N3O2.2ClH/c1-3-12(2)15(17-10-8-16-9-11-17)13-4-6-14(7-5-13)18(19)20;;/h4-7,12,15-16H,3,8-11H2,1-2H3;2*1H/t12?,15-;;/m1../s1. The Labute approximate surface area is 144 Å². The molecule has 1 heterocycles. The average Bonchev–Trinajstić information content (AvgIpc) is 2.49. The predicted octanol–water partition coefficient (Wildman–Crippen LogP) is 3.43. The van der Waals surface area contributed by atoms with Gasteiger partial charge in [0.2, 0.25) is 0 Å². The molecule has 1 aliphatic rings. The van der Waals surface area contributed by atoms with E-state index >= 15 is 0 Å². The minimum absolute atomic E-state index is 0. The molecule has 7 heteroatoms. The molecule has 0 saturated carbocycles. The van der Waals surface area contributed by atoms with E-state index in [1.807, 2.05) is 12.1 Å². The van der Waals surface area contributed by atoms with Crippen molar-refractivity contribution < 1.29 is 4.92 Å². The molecule has 1 N–H and O–H groups in total. The highest BCUT2D eigenvalue weighted by molar-refractivity contribution is 5.85. The van der Waals surface area contributed by atoms with Crippen LogP contribution in [0.5, 0.6) is 0 Å². The summed E-state index contributed by atoms with van der Waals surface area (Å²) in [6, 6.07) is 7.41. The molecule has 2 atom stereocenters. The fourth-order valence-electron chi connectivity index (χ4n) is 2.88. The molecule has 0 amide bonds. The van der Waals surface area contributed by atoms with E-state index in [1.165, 1.54) is 5.56 Å². The first-order chi connectivity index (χ1) is 9.63. The van der Waals surface area contributed by atoms with Crippen LogP contribution in [0, 0.1) is 16.0 Å². The fraction of sp³-hybridized carbons (Fsp3) is 0.600. The van der Waals surface area contributed by atoms with Crippen molar-refractivity contribution in [2.24, 2.45) is 5.92 Å². The van der Waals surface area contributed by atoms with Gasteiger partial charge in [0.1, 0.15) is 0 Å². The predicted molar refractivity (Wildman–Crippen MR) is 94.2 cm³/mol. The van der Waals surface area contributed by atoms with Crippen molar-refractivity contribution in [2.75, 3.05) is 26.2 Å². The highest BCUT2D eigenvalue weighted by Crippen LogP contribution is 2.31. The molecule has 0 aliphatic carbocycles. The second-order valence-corrected chi connectivity index (χ2v) is 5.46. The molecule has 0 radical (unpaired) electrons. The Balaban J connectivity index is 0.00000220. The molecule has 22 heavy (non-hydrogen) atoms. The molecule has 1 unspecified atom stereocenters. The Morgan fingerprint density at radius 1 is 1.23 bits per heavy atom. The van der Waals surface area contributed by atoms with E-state index in [4.69, 9.17) is 0 Å². The monoisotopic (exact) mass is 349 g/mol. The Bertz CT molecular complexity index is 451. The summed E-state index contributed by atoms with van der Waals surface area (Å²) in [6.45, 7) is 8.55. The highest BCUT2D eigenvalue weighted by atomic mass is 35.5. The Morgan fingerprint density at radius 2 is 1.77 bits per heavy atom. The van der Waals surface area contributed by atoms with Crippen LogP contribution in [0.3, 0.4) is 0 Å². The summed E-state index contributed by atoms with van der Waals surface area (Å²) in [5.41, 5.74) is 1.35. The molecular formula is C15H25Cl2N3O2. The number of nitro benzene ring substituents is 1. The zero-order valence-electron chi connectivity index (χ0n) is 13.0. The van der Waals surface area contributed by atoms with Gasteiger partial charge in [-0.1, -0.05) is 32.4 Å². The average molecular weight is 350 g/mol. The zero-order valence-corrected chi connectivity index (χ0v) is 14.7. The number of hydrogen-bond acceptors (Lipinski definition) is 4. The minimum Gasteiger partial charge on any atom is -0.314 e. The van der Waals surface area contributed by atoms with Crippen LogP contribution in [0.4, 0.5) is 5.69 Å². The van der Waals surface area contributed by atoms with Crippen molar-refractivity contribution in [3.63, 3.8) is 0 Å². The molecule has 0 aromatic heterocycles. The fourth-order valence-corrected chi connectivity index (χ4v) is 2.88. The maximum Gasteiger partial charge on any atom is 0.269 e. The van der Waals surface area contributed by atoms with Crippen molar-refractivity contribution in [2.45, 2.75) is 26.3 Å². The summed E-state index contributed by atoms with van der Waals surface area (Å²) in [7, 11) is 0. The Morgan fingerprint density at radius 3 is 2.23 bits per heavy atom. The third-order valence-corrected chi connectivity index (χ3v) is 4.17. The molecule has 0 spiro atoms. The van der Waals surface area contributed by atoms with E-state index in [1.54, 1.807) is 12.1 Å². The van der Waals surface area contributed by atoms with Gasteiger partial charge >= 0.3 is 0 Å². The summed E-state index contributed by atoms with van der Waals surface area (Å²) in [5.74, 6) is 0.537. The van der Waals surface area contributed by atoms with E-state index in [2.05, 4.69) is 24.1 Å². The number of benzene rings is 1. The molecule has 1 aromatic carbocycles. The third kappa shape index (κ3) is 5.09. The van der Waals surface area contributed by atoms with Crippen LogP contribution in [0.15, 0.2) is 24.3 Å². The summed E-state index contributed by atoms with van der Waals surface area (Å²) < 4.78 is 0. The van der Waals surface area contributed by atoms with Crippen LogP contribution in [0.25, 0.3) is 0 Å². The van der Waals surface area contributed by atoms with E-state index in [0.29, 0.717) is 12.0 Å². The van der Waals surface area contributed by atoms with E-state index in [9.17, 15) is 10.1 Å². The van der Waals surface area contributed by atoms with Gasteiger partial charge in [-0.05, 0) is 11.5 Å². The van der Waals surface area contributed by atoms with Gasteiger partial charge in [-0.25, -0.2) is 0 Å². The van der Waals surface area contributed by atoms with Gasteiger partial charge in [0, 0.05) is 44.4 Å². The largest absolute Gasteiger partial charge is 0.314 e. The summed E-state index contributed by atoms with van der Waals surface area (Å²) in [6.07, 6.45) is 1.10. The lowest BCUT2D eigenvalue weighted by molar-refractivity contribution is -0.384. The van der Waals surface area contributed by atoms with Crippen molar-refractivity contribution in [3.8, 4) is 0 Å². The van der Waals surface area contributed by atoms with Crippen LogP contribution < -0.4 is 5.32 Å². The lowest BCUT2D eigenvalue weighted by Gasteiger charge is -2.38. The molecule has 1 aliphatic heterocycles. The number of nitrogens with one attached hydrogen (secondary N) is 1. The summed E-state index contributed by atoms with van der Waals surface area (Å²) in [4.78, 5) is 12.9. The topological polar surface area (TPSA) is 58.4 Å². The number of non-ortho nitro benzene ring substituents is 1. The first-order valence-electron chi connectivity index (χ1n) is 7.32. The van der Waals surface area contributed by atoms with Crippen molar-refractivity contribution in [1.29, 1.82) is 0 Å². The van der Waals surface area contributed by atoms with Crippen LogP contribution >= 0.6 is 24.8 Å². The maximum absolute atomic E-state index is 10.8. The molecule has 1 fully saturated rings. The Kier molecular flexibility index (Phi) is 9.60. The van der Waals surface area contributed by atoms with Gasteiger partial charge in [-0.15, -0.1) is 24.8 Å². The molecule has 1 saturated heterocycles. The molecule has 1 aromatic rings. The number of hydrogen-bond donors (Lipinski definition) is 1. The van der Waals surface area contributed by atoms with Crippen LogP contribution in [0.2, 0.25) is 0 Å². The zero-order chi connectivity index (χ0) is 14.5. The summed E-state index contributed by atoms with van der Waals surface area (Å²) in [5, 5.41) is 14.1. The van der Waals surface area contributed by atoms with Gasteiger partial charge in [-0.3, -0.25) is 15.0 Å². The summed E-state index contributed by atoms with van der Waals surface area (Å²) >= 11 is 0. The molecular weight excluding hydrogens is 325 g/mol. The highest BCUT2D eigenvalue weighted by Gasteiger charge is 2.26. The first-order valence-corrected chi connectivity index (χ1v) is 7.32. The van der Waals surface area contributed by atoms with Crippen molar-refractivity contribution in [1.82, 2.24) is 10.2 Å². The van der Waals surface area contributed by atoms with Gasteiger partial charge in [0.25, 0.3) is 5.69 Å². The van der Waals surface area contributed by atoms with Crippen LogP contribution in [0.1, 0.15) is 31.9 Å². The molecule has 2 rings (SSSR count). The van der Waals surface area contributed by atoms with Gasteiger partial charge < -0.3 is 5.32 Å². The number of nitro groups is 1. The van der Waals surface area contributed by atoms with Gasteiger partial charge in [-0.2, -0.15) is 0 Å². The van der Waals surface area contributed by atoms with Crippen LogP contribution in [-0.4, -0.2) is 36.0 Å². The Hall–Kier alpha value is -0.880. The first kappa shape index (κ1) is 21.1. The number of rotatable bonds is 5. The number of piperazine rings is 1. The third-order valence-electron chi connectivity index (χ3n) is 4.17. The van der Waals surface area contributed by atoms with Crippen molar-refractivity contribution in [3.05, 3.63) is 39.9 Å². The normalized spacial score (nSPS) is 17.7. The molecule has 5 nitrogen and oxygen atoms in total. The maximum atomic E-state index is 10.8. The lowest BCUT2D eigenvalue weighted by atomic mass is 9.90. The molecule has 0 bridgehead atoms. The SMILES string of the molecule is CCC(C)[C@H](c1ccc([N+](=O)[O-])cc1)N1CCNCC1.Cl.Cl. The second kappa shape index (κ2) is 10.0. The van der Waals surface area contributed by atoms with Gasteiger partial charge in [0.15, 0.2) is 0 Å². The molecule has 126 valence electrons. The lowest BCUT2D eigenvalue weighted by Crippen LogP contribution is -2.46. The second-order valence-electron chi connectivity index (χ2n) is 5.46. The van der Waals surface area contributed by atoms with Crippen molar-refractivity contribution >= 4 is 30.5 Å². The van der Waals surface area contributed by atoms with Gasteiger partial charge in [0.05, 0.1) is 4.92 Å². The smallest absolute Gasteiger partial charge is 0.269 e. The van der Waals surface area contributed by atoms with E-state index in [-0.39, 0.29) is 35.4 Å². The minimum atomic E-state index is -0.340. The number of halogens is 2.